The van der Waals surface area contributed by atoms with Gasteiger partial charge in [-0.05, 0) is 31.2 Å². The van der Waals surface area contributed by atoms with Gasteiger partial charge >= 0.3 is 0 Å². The molecule has 1 heterocycles. The molecule has 0 saturated carbocycles. The third-order valence-corrected chi connectivity index (χ3v) is 5.71. The molecule has 0 aliphatic rings. The zero-order valence-corrected chi connectivity index (χ0v) is 15.6. The summed E-state index contributed by atoms with van der Waals surface area (Å²) in [5, 5.41) is 7.06. The number of benzene rings is 2. The Morgan fingerprint density at radius 2 is 1.80 bits per heavy atom. The topological polar surface area (TPSA) is 71.4 Å². The van der Waals surface area contributed by atoms with Crippen molar-refractivity contribution in [2.45, 2.75) is 11.8 Å². The van der Waals surface area contributed by atoms with E-state index in [1.54, 1.807) is 29.6 Å². The van der Waals surface area contributed by atoms with Gasteiger partial charge in [0.15, 0.2) is 0 Å². The first-order valence-electron chi connectivity index (χ1n) is 7.27. The van der Waals surface area contributed by atoms with E-state index >= 15 is 0 Å². The maximum atomic E-state index is 12.1. The molecular weight excluding hydrogens is 378 g/mol. The lowest BCUT2D eigenvalue weighted by molar-refractivity contribution is 0.584. The number of nitrogens with zero attached hydrogens (tertiary/aromatic N) is 2. The third-order valence-electron chi connectivity index (χ3n) is 3.31. The first-order valence-corrected chi connectivity index (χ1v) is 10.0. The summed E-state index contributed by atoms with van der Waals surface area (Å²) in [6.07, 6.45) is 1.38. The SMILES string of the molecule is Cc1ccc(S(=O)(=O)N/N=C\c2csc(-c3ccc(Cl)cc3)n2)cc1. The average Bonchev–Trinajstić information content (AvgIpc) is 3.04. The van der Waals surface area contributed by atoms with Crippen LogP contribution in [0.4, 0.5) is 0 Å². The molecule has 0 bridgehead atoms. The lowest BCUT2D eigenvalue weighted by Gasteiger charge is -2.02. The second kappa shape index (κ2) is 7.35. The van der Waals surface area contributed by atoms with Crippen LogP contribution >= 0.6 is 22.9 Å². The molecule has 0 spiro atoms. The van der Waals surface area contributed by atoms with Crippen molar-refractivity contribution in [3.8, 4) is 10.6 Å². The van der Waals surface area contributed by atoms with Crippen molar-refractivity contribution in [1.82, 2.24) is 9.82 Å². The van der Waals surface area contributed by atoms with Crippen molar-refractivity contribution >= 4 is 39.2 Å². The number of hydrogen-bond acceptors (Lipinski definition) is 5. The first-order chi connectivity index (χ1) is 11.9. The quantitative estimate of drug-likeness (QED) is 0.526. The molecule has 25 heavy (non-hydrogen) atoms. The molecule has 3 aromatic rings. The van der Waals surface area contributed by atoms with Crippen molar-refractivity contribution in [2.24, 2.45) is 5.10 Å². The number of sulfonamides is 1. The minimum absolute atomic E-state index is 0.162. The minimum atomic E-state index is -3.68. The molecule has 0 amide bonds. The second-order valence-electron chi connectivity index (χ2n) is 5.25. The lowest BCUT2D eigenvalue weighted by atomic mass is 10.2. The highest BCUT2D eigenvalue weighted by atomic mass is 35.5. The fraction of sp³-hybridized carbons (Fsp3) is 0.0588. The molecular formula is C17H14ClN3O2S2. The highest BCUT2D eigenvalue weighted by molar-refractivity contribution is 7.89. The maximum absolute atomic E-state index is 12.1. The van der Waals surface area contributed by atoms with E-state index in [1.165, 1.54) is 29.7 Å². The Bertz CT molecular complexity index is 995. The second-order valence-corrected chi connectivity index (χ2v) is 8.21. The van der Waals surface area contributed by atoms with E-state index in [1.807, 2.05) is 19.1 Å². The average molecular weight is 392 g/mol. The van der Waals surface area contributed by atoms with Crippen molar-refractivity contribution in [3.05, 3.63) is 70.2 Å². The van der Waals surface area contributed by atoms with Gasteiger partial charge in [-0.1, -0.05) is 41.4 Å². The van der Waals surface area contributed by atoms with E-state index in [-0.39, 0.29) is 4.90 Å². The third kappa shape index (κ3) is 4.45. The van der Waals surface area contributed by atoms with Gasteiger partial charge in [-0.25, -0.2) is 9.82 Å². The summed E-state index contributed by atoms with van der Waals surface area (Å²) >= 11 is 7.31. The molecule has 8 heteroatoms. The van der Waals surface area contributed by atoms with Crippen LogP contribution in [-0.2, 0) is 10.0 Å². The fourth-order valence-electron chi connectivity index (χ4n) is 2.00. The van der Waals surface area contributed by atoms with Gasteiger partial charge in [0.1, 0.15) is 5.01 Å². The number of hydrazone groups is 1. The van der Waals surface area contributed by atoms with Crippen molar-refractivity contribution in [3.63, 3.8) is 0 Å². The predicted molar refractivity (Wildman–Crippen MR) is 102 cm³/mol. The van der Waals surface area contributed by atoms with E-state index < -0.39 is 10.0 Å². The van der Waals surface area contributed by atoms with Crippen LogP contribution in [0.5, 0.6) is 0 Å². The van der Waals surface area contributed by atoms with Crippen LogP contribution in [-0.4, -0.2) is 19.6 Å². The summed E-state index contributed by atoms with van der Waals surface area (Å²) in [6.45, 7) is 1.89. The molecule has 3 rings (SSSR count). The van der Waals surface area contributed by atoms with Gasteiger partial charge < -0.3 is 0 Å². The Hall–Kier alpha value is -2.22. The normalized spacial score (nSPS) is 11.8. The molecule has 2 aromatic carbocycles. The predicted octanol–water partition coefficient (Wildman–Crippen LogP) is 4.08. The smallest absolute Gasteiger partial charge is 0.235 e. The molecule has 0 radical (unpaired) electrons. The molecule has 128 valence electrons. The minimum Gasteiger partial charge on any atom is -0.235 e. The first kappa shape index (κ1) is 17.6. The molecule has 0 aliphatic carbocycles. The van der Waals surface area contributed by atoms with Gasteiger partial charge in [-0.3, -0.25) is 0 Å². The number of thiazole rings is 1. The van der Waals surface area contributed by atoms with E-state index in [0.717, 1.165) is 16.1 Å². The van der Waals surface area contributed by atoms with Gasteiger partial charge in [0.05, 0.1) is 16.8 Å². The maximum Gasteiger partial charge on any atom is 0.276 e. The molecule has 0 fully saturated rings. The van der Waals surface area contributed by atoms with Gasteiger partial charge in [-0.2, -0.15) is 13.5 Å². The number of aromatic nitrogens is 1. The van der Waals surface area contributed by atoms with Gasteiger partial charge in [-0.15, -0.1) is 11.3 Å². The highest BCUT2D eigenvalue weighted by Gasteiger charge is 2.12. The van der Waals surface area contributed by atoms with Crippen LogP contribution in [0.25, 0.3) is 10.6 Å². The molecule has 0 saturated heterocycles. The molecule has 0 atom stereocenters. The lowest BCUT2D eigenvalue weighted by Crippen LogP contribution is -2.18. The van der Waals surface area contributed by atoms with Crippen LogP contribution in [0, 0.1) is 6.92 Å². The summed E-state index contributed by atoms with van der Waals surface area (Å²) in [7, 11) is -3.68. The van der Waals surface area contributed by atoms with E-state index in [0.29, 0.717) is 10.7 Å². The summed E-state index contributed by atoms with van der Waals surface area (Å²) in [6, 6.07) is 13.9. The van der Waals surface area contributed by atoms with Crippen molar-refractivity contribution < 1.29 is 8.42 Å². The van der Waals surface area contributed by atoms with E-state index in [4.69, 9.17) is 11.6 Å². The van der Waals surface area contributed by atoms with Crippen molar-refractivity contribution in [2.75, 3.05) is 0 Å². The summed E-state index contributed by atoms with van der Waals surface area (Å²) in [5.41, 5.74) is 2.50. The summed E-state index contributed by atoms with van der Waals surface area (Å²) in [5.74, 6) is 0. The summed E-state index contributed by atoms with van der Waals surface area (Å²) < 4.78 is 24.3. The number of halogens is 1. The van der Waals surface area contributed by atoms with E-state index in [2.05, 4.69) is 14.9 Å². The zero-order chi connectivity index (χ0) is 17.9. The van der Waals surface area contributed by atoms with Crippen LogP contribution in [0.2, 0.25) is 5.02 Å². The number of hydrogen-bond donors (Lipinski definition) is 1. The molecule has 0 unspecified atom stereocenters. The monoisotopic (exact) mass is 391 g/mol. The number of aryl methyl sites for hydroxylation is 1. The molecule has 1 N–H and O–H groups in total. The standard InChI is InChI=1S/C17H14ClN3O2S2/c1-12-2-8-16(9-3-12)25(22,23)21-19-10-15-11-24-17(20-15)13-4-6-14(18)7-5-13/h2-11,21H,1H3/b19-10-. The highest BCUT2D eigenvalue weighted by Crippen LogP contribution is 2.24. The Labute approximate surface area is 155 Å². The Balaban J connectivity index is 1.70. The van der Waals surface area contributed by atoms with Crippen LogP contribution < -0.4 is 4.83 Å². The summed E-state index contributed by atoms with van der Waals surface area (Å²) in [4.78, 5) is 6.76. The Kier molecular flexibility index (Phi) is 5.17. The van der Waals surface area contributed by atoms with Gasteiger partial charge in [0.2, 0.25) is 0 Å². The Morgan fingerprint density at radius 3 is 2.48 bits per heavy atom. The number of nitrogens with one attached hydrogen (secondary N) is 1. The van der Waals surface area contributed by atoms with Gasteiger partial charge in [0.25, 0.3) is 10.0 Å². The molecule has 1 aromatic heterocycles. The largest absolute Gasteiger partial charge is 0.276 e. The van der Waals surface area contributed by atoms with Crippen LogP contribution in [0.3, 0.4) is 0 Å². The van der Waals surface area contributed by atoms with Crippen LogP contribution in [0.15, 0.2) is 63.9 Å². The molecule has 0 aliphatic heterocycles. The Morgan fingerprint density at radius 1 is 1.12 bits per heavy atom. The molecule has 5 nitrogen and oxygen atoms in total. The van der Waals surface area contributed by atoms with Gasteiger partial charge in [0, 0.05) is 16.0 Å². The van der Waals surface area contributed by atoms with E-state index in [9.17, 15) is 8.42 Å². The fourth-order valence-corrected chi connectivity index (χ4v) is 3.70. The van der Waals surface area contributed by atoms with Crippen molar-refractivity contribution in [1.29, 1.82) is 0 Å². The zero-order valence-electron chi connectivity index (χ0n) is 13.2. The number of rotatable bonds is 5. The van der Waals surface area contributed by atoms with Crippen LogP contribution in [0.1, 0.15) is 11.3 Å².